The van der Waals surface area contributed by atoms with E-state index < -0.39 is 0 Å². The van der Waals surface area contributed by atoms with Crippen molar-refractivity contribution in [2.75, 3.05) is 26.1 Å². The first-order chi connectivity index (χ1) is 9.11. The fourth-order valence-corrected chi connectivity index (χ4v) is 2.86. The van der Waals surface area contributed by atoms with Crippen LogP contribution in [0.3, 0.4) is 0 Å². The summed E-state index contributed by atoms with van der Waals surface area (Å²) in [7, 11) is 3.08. The highest BCUT2D eigenvalue weighted by atomic mass is 79.9. The number of anilines is 1. The molecule has 4 nitrogen and oxygen atoms in total. The van der Waals surface area contributed by atoms with E-state index in [0.717, 1.165) is 35.2 Å². The van der Waals surface area contributed by atoms with Gasteiger partial charge in [0.25, 0.3) is 0 Å². The highest BCUT2D eigenvalue weighted by molar-refractivity contribution is 9.10. The Morgan fingerprint density at radius 3 is 2.63 bits per heavy atom. The first-order valence-electron chi connectivity index (χ1n) is 6.27. The maximum Gasteiger partial charge on any atom is 0.313 e. The van der Waals surface area contributed by atoms with Gasteiger partial charge in [0.2, 0.25) is 0 Å². The van der Waals surface area contributed by atoms with Crippen LogP contribution in [0, 0.1) is 5.41 Å². The normalized spacial score (nSPS) is 16.4. The Balaban J connectivity index is 2.02. The third kappa shape index (κ3) is 2.86. The van der Waals surface area contributed by atoms with Crippen LogP contribution < -0.4 is 10.1 Å². The number of carbonyl (C=O) groups excluding carboxylic acids is 1. The number of nitrogens with one attached hydrogen (secondary N) is 1. The number of halogens is 1. The van der Waals surface area contributed by atoms with Crippen molar-refractivity contribution < 1.29 is 14.3 Å². The van der Waals surface area contributed by atoms with E-state index in [0.29, 0.717) is 6.54 Å². The summed E-state index contributed by atoms with van der Waals surface area (Å²) in [6, 6.07) is 5.77. The summed E-state index contributed by atoms with van der Waals surface area (Å²) in [5, 5.41) is 3.31. The van der Waals surface area contributed by atoms with Gasteiger partial charge in [-0.2, -0.15) is 0 Å². The molecule has 1 aliphatic rings. The standard InChI is InChI=1S/C14H18BrNO3/c1-18-12-5-4-10(8-11(12)15)16-9-14(6-3-7-14)13(17)19-2/h4-5,8,16H,3,6-7,9H2,1-2H3. The van der Waals surface area contributed by atoms with E-state index in [9.17, 15) is 4.79 Å². The number of hydrogen-bond acceptors (Lipinski definition) is 4. The topological polar surface area (TPSA) is 47.6 Å². The van der Waals surface area contributed by atoms with E-state index in [2.05, 4.69) is 21.2 Å². The van der Waals surface area contributed by atoms with Gasteiger partial charge in [-0.1, -0.05) is 6.42 Å². The Morgan fingerprint density at radius 1 is 1.42 bits per heavy atom. The van der Waals surface area contributed by atoms with E-state index in [4.69, 9.17) is 9.47 Å². The van der Waals surface area contributed by atoms with Gasteiger partial charge >= 0.3 is 5.97 Å². The summed E-state index contributed by atoms with van der Waals surface area (Å²) >= 11 is 3.44. The lowest BCUT2D eigenvalue weighted by Crippen LogP contribution is -2.44. The predicted molar refractivity (Wildman–Crippen MR) is 77.5 cm³/mol. The number of benzene rings is 1. The number of hydrogen-bond donors (Lipinski definition) is 1. The number of carbonyl (C=O) groups is 1. The average molecular weight is 328 g/mol. The summed E-state index contributed by atoms with van der Waals surface area (Å²) in [6.07, 6.45) is 2.87. The van der Waals surface area contributed by atoms with Gasteiger partial charge in [-0.05, 0) is 47.0 Å². The predicted octanol–water partition coefficient (Wildman–Crippen LogP) is 3.21. The van der Waals surface area contributed by atoms with Crippen molar-refractivity contribution >= 4 is 27.6 Å². The molecule has 1 aromatic carbocycles. The van der Waals surface area contributed by atoms with Crippen LogP contribution in [0.15, 0.2) is 22.7 Å². The fourth-order valence-electron chi connectivity index (χ4n) is 2.32. The van der Waals surface area contributed by atoms with Crippen molar-refractivity contribution in [3.63, 3.8) is 0 Å². The van der Waals surface area contributed by atoms with Crippen LogP contribution in [0.1, 0.15) is 19.3 Å². The number of methoxy groups -OCH3 is 2. The molecule has 0 spiro atoms. The molecule has 0 saturated heterocycles. The van der Waals surface area contributed by atoms with Crippen molar-refractivity contribution in [2.45, 2.75) is 19.3 Å². The molecule has 104 valence electrons. The van der Waals surface area contributed by atoms with Crippen molar-refractivity contribution in [3.8, 4) is 5.75 Å². The third-order valence-corrected chi connectivity index (χ3v) is 4.33. The molecule has 0 bridgehead atoms. The van der Waals surface area contributed by atoms with Gasteiger partial charge in [0.05, 0.1) is 24.1 Å². The van der Waals surface area contributed by atoms with Crippen molar-refractivity contribution in [1.82, 2.24) is 0 Å². The van der Waals surface area contributed by atoms with Crippen LogP contribution in [-0.4, -0.2) is 26.7 Å². The quantitative estimate of drug-likeness (QED) is 0.843. The molecule has 5 heteroatoms. The van der Waals surface area contributed by atoms with Crippen LogP contribution in [0.4, 0.5) is 5.69 Å². The van der Waals surface area contributed by atoms with Gasteiger partial charge in [-0.15, -0.1) is 0 Å². The van der Waals surface area contributed by atoms with E-state index in [1.54, 1.807) is 7.11 Å². The minimum Gasteiger partial charge on any atom is -0.496 e. The first-order valence-corrected chi connectivity index (χ1v) is 7.06. The van der Waals surface area contributed by atoms with E-state index >= 15 is 0 Å². The van der Waals surface area contributed by atoms with E-state index in [1.807, 2.05) is 18.2 Å². The lowest BCUT2D eigenvalue weighted by atomic mass is 9.68. The Kier molecular flexibility index (Phi) is 4.34. The van der Waals surface area contributed by atoms with Crippen molar-refractivity contribution in [2.24, 2.45) is 5.41 Å². The molecule has 0 aliphatic heterocycles. The second-order valence-corrected chi connectivity index (χ2v) is 5.68. The third-order valence-electron chi connectivity index (χ3n) is 3.71. The highest BCUT2D eigenvalue weighted by Gasteiger charge is 2.45. The zero-order valence-corrected chi connectivity index (χ0v) is 12.7. The maximum absolute atomic E-state index is 11.8. The second kappa shape index (κ2) is 5.82. The van der Waals surface area contributed by atoms with Crippen LogP contribution in [-0.2, 0) is 9.53 Å². The molecular weight excluding hydrogens is 310 g/mol. The molecule has 19 heavy (non-hydrogen) atoms. The number of ether oxygens (including phenoxy) is 2. The van der Waals surface area contributed by atoms with Crippen LogP contribution in [0.2, 0.25) is 0 Å². The molecule has 2 rings (SSSR count). The molecule has 0 radical (unpaired) electrons. The van der Waals surface area contributed by atoms with Crippen molar-refractivity contribution in [1.29, 1.82) is 0 Å². The largest absolute Gasteiger partial charge is 0.496 e. The second-order valence-electron chi connectivity index (χ2n) is 4.83. The summed E-state index contributed by atoms with van der Waals surface area (Å²) in [5.74, 6) is 0.677. The molecule has 0 amide bonds. The summed E-state index contributed by atoms with van der Waals surface area (Å²) < 4.78 is 11.0. The first kappa shape index (κ1) is 14.2. The molecule has 1 N–H and O–H groups in total. The summed E-state index contributed by atoms with van der Waals surface area (Å²) in [4.78, 5) is 11.8. The molecule has 1 fully saturated rings. The molecular formula is C14H18BrNO3. The fraction of sp³-hybridized carbons (Fsp3) is 0.500. The zero-order chi connectivity index (χ0) is 13.9. The Morgan fingerprint density at radius 2 is 2.16 bits per heavy atom. The lowest BCUT2D eigenvalue weighted by Gasteiger charge is -2.39. The molecule has 0 aromatic heterocycles. The number of esters is 1. The smallest absolute Gasteiger partial charge is 0.313 e. The minimum atomic E-state index is -0.346. The van der Waals surface area contributed by atoms with Gasteiger partial charge in [-0.3, -0.25) is 4.79 Å². The highest BCUT2D eigenvalue weighted by Crippen LogP contribution is 2.42. The molecule has 1 saturated carbocycles. The molecule has 1 aromatic rings. The molecule has 0 atom stereocenters. The Hall–Kier alpha value is -1.23. The van der Waals surface area contributed by atoms with Gasteiger partial charge < -0.3 is 14.8 Å². The van der Waals surface area contributed by atoms with Crippen LogP contribution in [0.5, 0.6) is 5.75 Å². The van der Waals surface area contributed by atoms with E-state index in [1.165, 1.54) is 7.11 Å². The minimum absolute atomic E-state index is 0.112. The van der Waals surface area contributed by atoms with Gasteiger partial charge in [-0.25, -0.2) is 0 Å². The SMILES string of the molecule is COC(=O)C1(CNc2ccc(OC)c(Br)c2)CCC1. The number of rotatable bonds is 5. The van der Waals surface area contributed by atoms with Crippen LogP contribution >= 0.6 is 15.9 Å². The van der Waals surface area contributed by atoms with Crippen molar-refractivity contribution in [3.05, 3.63) is 22.7 Å². The molecule has 0 heterocycles. The van der Waals surface area contributed by atoms with Gasteiger partial charge in [0.1, 0.15) is 5.75 Å². The Labute approximate surface area is 121 Å². The summed E-state index contributed by atoms with van der Waals surface area (Å²) in [5.41, 5.74) is 0.615. The molecule has 0 unspecified atom stereocenters. The Bertz CT molecular complexity index is 472. The average Bonchev–Trinajstić information content (AvgIpc) is 2.37. The van der Waals surface area contributed by atoms with E-state index in [-0.39, 0.29) is 11.4 Å². The lowest BCUT2D eigenvalue weighted by molar-refractivity contribution is -0.157. The van der Waals surface area contributed by atoms with Crippen LogP contribution in [0.25, 0.3) is 0 Å². The molecule has 1 aliphatic carbocycles. The summed E-state index contributed by atoms with van der Waals surface area (Å²) in [6.45, 7) is 0.610. The monoisotopic (exact) mass is 327 g/mol. The van der Waals surface area contributed by atoms with Gasteiger partial charge in [0.15, 0.2) is 0 Å². The zero-order valence-electron chi connectivity index (χ0n) is 11.2. The maximum atomic E-state index is 11.8. The van der Waals surface area contributed by atoms with Gasteiger partial charge in [0, 0.05) is 12.2 Å².